The molecule has 6 heteroatoms. The van der Waals surface area contributed by atoms with Crippen molar-refractivity contribution in [3.8, 4) is 5.75 Å². The fraction of sp³-hybridized carbons (Fsp3) is 0.167. The Morgan fingerprint density at radius 1 is 0.933 bits per heavy atom. The Balaban J connectivity index is 1.85. The first-order chi connectivity index (χ1) is 14.5. The Hall–Kier alpha value is -3.25. The molecule has 1 atom stereocenters. The molecule has 0 fully saturated rings. The van der Waals surface area contributed by atoms with Gasteiger partial charge in [0.1, 0.15) is 11.0 Å². The van der Waals surface area contributed by atoms with Crippen molar-refractivity contribution in [2.45, 2.75) is 24.0 Å². The van der Waals surface area contributed by atoms with Crippen LogP contribution in [-0.2, 0) is 9.59 Å². The summed E-state index contributed by atoms with van der Waals surface area (Å²) in [5.74, 6) is 0.357. The van der Waals surface area contributed by atoms with Crippen molar-refractivity contribution in [3.63, 3.8) is 0 Å². The van der Waals surface area contributed by atoms with E-state index < -0.39 is 5.25 Å². The van der Waals surface area contributed by atoms with Crippen LogP contribution in [0.1, 0.15) is 23.3 Å². The zero-order chi connectivity index (χ0) is 21.5. The van der Waals surface area contributed by atoms with Crippen LogP contribution in [0.4, 0.5) is 11.4 Å². The summed E-state index contributed by atoms with van der Waals surface area (Å²) in [5.41, 5.74) is 3.29. The number of ether oxygens (including phenoxy) is 1. The zero-order valence-corrected chi connectivity index (χ0v) is 18.0. The van der Waals surface area contributed by atoms with Gasteiger partial charge in [0, 0.05) is 17.5 Å². The van der Waals surface area contributed by atoms with Gasteiger partial charge in [-0.1, -0.05) is 36.4 Å². The lowest BCUT2D eigenvalue weighted by Crippen LogP contribution is -2.19. The largest absolute Gasteiger partial charge is 0.495 e. The van der Waals surface area contributed by atoms with Gasteiger partial charge in [-0.15, -0.1) is 11.8 Å². The number of benzene rings is 3. The highest BCUT2D eigenvalue weighted by atomic mass is 32.2. The molecule has 2 N–H and O–H groups in total. The van der Waals surface area contributed by atoms with Crippen LogP contribution in [-0.4, -0.2) is 18.9 Å². The third-order valence-corrected chi connectivity index (χ3v) is 5.65. The summed E-state index contributed by atoms with van der Waals surface area (Å²) < 4.78 is 5.39. The maximum absolute atomic E-state index is 13.3. The standard InChI is InChI=1S/C24H24N2O3S/c1-16-9-14-22(29-3)21(15-16)26-24(28)23(18-7-5-4-6-8-18)30-20-12-10-19(11-13-20)25-17(2)27/h4-15,23H,1-3H3,(H,25,27)(H,26,28)/t23-/m1/s1. The number of carbonyl (C=O) groups excluding carboxylic acids is 2. The third kappa shape index (κ3) is 5.64. The summed E-state index contributed by atoms with van der Waals surface area (Å²) >= 11 is 1.45. The predicted molar refractivity (Wildman–Crippen MR) is 122 cm³/mol. The number of hydrogen-bond acceptors (Lipinski definition) is 4. The van der Waals surface area contributed by atoms with Gasteiger partial charge < -0.3 is 15.4 Å². The predicted octanol–water partition coefficient (Wildman–Crippen LogP) is 5.43. The molecule has 3 aromatic rings. The van der Waals surface area contributed by atoms with Gasteiger partial charge in [-0.3, -0.25) is 9.59 Å². The molecule has 3 aromatic carbocycles. The van der Waals surface area contributed by atoms with E-state index in [1.165, 1.54) is 18.7 Å². The first-order valence-corrected chi connectivity index (χ1v) is 10.4. The number of rotatable bonds is 7. The summed E-state index contributed by atoms with van der Waals surface area (Å²) in [6, 6.07) is 22.8. The zero-order valence-electron chi connectivity index (χ0n) is 17.1. The summed E-state index contributed by atoms with van der Waals surface area (Å²) in [4.78, 5) is 25.4. The number of amides is 2. The van der Waals surface area contributed by atoms with Crippen LogP contribution in [0.25, 0.3) is 0 Å². The van der Waals surface area contributed by atoms with Crippen molar-refractivity contribution >= 4 is 35.0 Å². The average Bonchev–Trinajstić information content (AvgIpc) is 2.73. The number of carbonyl (C=O) groups is 2. The Labute approximate surface area is 180 Å². The molecule has 5 nitrogen and oxygen atoms in total. The summed E-state index contributed by atoms with van der Waals surface area (Å²) in [6.07, 6.45) is 0. The highest BCUT2D eigenvalue weighted by Gasteiger charge is 2.23. The summed E-state index contributed by atoms with van der Waals surface area (Å²) in [5, 5.41) is 5.31. The Morgan fingerprint density at radius 3 is 2.27 bits per heavy atom. The lowest BCUT2D eigenvalue weighted by atomic mass is 10.1. The maximum Gasteiger partial charge on any atom is 0.242 e. The van der Waals surface area contributed by atoms with Crippen LogP contribution in [0.2, 0.25) is 0 Å². The molecule has 2 amide bonds. The molecule has 0 saturated heterocycles. The molecule has 0 unspecified atom stereocenters. The van der Waals surface area contributed by atoms with E-state index >= 15 is 0 Å². The van der Waals surface area contributed by atoms with E-state index in [0.717, 1.165) is 21.7 Å². The Bertz CT molecular complexity index is 1020. The topological polar surface area (TPSA) is 67.4 Å². The van der Waals surface area contributed by atoms with Crippen LogP contribution < -0.4 is 15.4 Å². The number of methoxy groups -OCH3 is 1. The van der Waals surface area contributed by atoms with Gasteiger partial charge in [-0.2, -0.15) is 0 Å². The molecule has 0 aliphatic carbocycles. The van der Waals surface area contributed by atoms with E-state index in [1.807, 2.05) is 79.7 Å². The number of thioether (sulfide) groups is 1. The van der Waals surface area contributed by atoms with Crippen LogP contribution >= 0.6 is 11.8 Å². The molecule has 154 valence electrons. The third-order valence-electron chi connectivity index (χ3n) is 4.38. The lowest BCUT2D eigenvalue weighted by molar-refractivity contribution is -0.116. The summed E-state index contributed by atoms with van der Waals surface area (Å²) in [7, 11) is 1.58. The fourth-order valence-corrected chi connectivity index (χ4v) is 4.00. The molecule has 0 aliphatic heterocycles. The van der Waals surface area contributed by atoms with Crippen molar-refractivity contribution in [2.75, 3.05) is 17.7 Å². The maximum atomic E-state index is 13.3. The average molecular weight is 421 g/mol. The van der Waals surface area contributed by atoms with E-state index in [1.54, 1.807) is 7.11 Å². The SMILES string of the molecule is COc1ccc(C)cc1NC(=O)[C@H](Sc1ccc(NC(C)=O)cc1)c1ccccc1. The fourth-order valence-electron chi connectivity index (χ4n) is 2.97. The van der Waals surface area contributed by atoms with E-state index in [2.05, 4.69) is 10.6 Å². The van der Waals surface area contributed by atoms with Gasteiger partial charge in [0.2, 0.25) is 11.8 Å². The minimum absolute atomic E-state index is 0.121. The molecule has 0 spiro atoms. The second-order valence-electron chi connectivity index (χ2n) is 6.81. The summed E-state index contributed by atoms with van der Waals surface area (Å²) in [6.45, 7) is 3.44. The van der Waals surface area contributed by atoms with Crippen molar-refractivity contribution in [1.29, 1.82) is 0 Å². The van der Waals surface area contributed by atoms with Crippen molar-refractivity contribution in [2.24, 2.45) is 0 Å². The van der Waals surface area contributed by atoms with Crippen molar-refractivity contribution in [3.05, 3.63) is 83.9 Å². The van der Waals surface area contributed by atoms with Gasteiger partial charge in [-0.25, -0.2) is 0 Å². The second-order valence-corrected chi connectivity index (χ2v) is 7.99. The molecule has 0 aliphatic rings. The van der Waals surface area contributed by atoms with Crippen LogP contribution in [0.5, 0.6) is 5.75 Å². The minimum Gasteiger partial charge on any atom is -0.495 e. The van der Waals surface area contributed by atoms with Crippen LogP contribution in [0.15, 0.2) is 77.7 Å². The molecule has 30 heavy (non-hydrogen) atoms. The molecule has 0 saturated carbocycles. The van der Waals surface area contributed by atoms with E-state index in [9.17, 15) is 9.59 Å². The minimum atomic E-state index is -0.456. The monoisotopic (exact) mass is 420 g/mol. The number of anilines is 2. The highest BCUT2D eigenvalue weighted by Crippen LogP contribution is 2.37. The van der Waals surface area contributed by atoms with Gasteiger partial charge in [-0.05, 0) is 54.4 Å². The number of hydrogen-bond donors (Lipinski definition) is 2. The molecule has 0 heterocycles. The molecular weight excluding hydrogens is 396 g/mol. The highest BCUT2D eigenvalue weighted by molar-refractivity contribution is 8.00. The van der Waals surface area contributed by atoms with Crippen molar-refractivity contribution in [1.82, 2.24) is 0 Å². The second kappa shape index (κ2) is 9.98. The molecule has 0 radical (unpaired) electrons. The van der Waals surface area contributed by atoms with Crippen molar-refractivity contribution < 1.29 is 14.3 Å². The smallest absolute Gasteiger partial charge is 0.242 e. The first-order valence-electron chi connectivity index (χ1n) is 9.51. The van der Waals surface area contributed by atoms with Crippen LogP contribution in [0.3, 0.4) is 0 Å². The van der Waals surface area contributed by atoms with Gasteiger partial charge in [0.05, 0.1) is 12.8 Å². The first kappa shape index (κ1) is 21.5. The van der Waals surface area contributed by atoms with E-state index in [-0.39, 0.29) is 11.8 Å². The van der Waals surface area contributed by atoms with E-state index in [4.69, 9.17) is 4.74 Å². The molecule has 0 aromatic heterocycles. The van der Waals surface area contributed by atoms with Crippen LogP contribution in [0, 0.1) is 6.92 Å². The number of aryl methyl sites for hydroxylation is 1. The Morgan fingerprint density at radius 2 is 1.63 bits per heavy atom. The molecule has 0 bridgehead atoms. The molecular formula is C24H24N2O3S. The van der Waals surface area contributed by atoms with Gasteiger partial charge in [0.15, 0.2) is 0 Å². The number of nitrogens with one attached hydrogen (secondary N) is 2. The molecule has 3 rings (SSSR count). The lowest BCUT2D eigenvalue weighted by Gasteiger charge is -2.19. The van der Waals surface area contributed by atoms with Gasteiger partial charge in [0.25, 0.3) is 0 Å². The van der Waals surface area contributed by atoms with Gasteiger partial charge >= 0.3 is 0 Å². The van der Waals surface area contributed by atoms with E-state index in [0.29, 0.717) is 11.4 Å². The normalized spacial score (nSPS) is 11.4. The quantitative estimate of drug-likeness (QED) is 0.500. The Kier molecular flexibility index (Phi) is 7.14.